The van der Waals surface area contributed by atoms with Crippen LogP contribution < -0.4 is 0 Å². The van der Waals surface area contributed by atoms with Crippen molar-refractivity contribution in [3.63, 3.8) is 0 Å². The highest BCUT2D eigenvalue weighted by atomic mass is 16.1. The monoisotopic (exact) mass is 454 g/mol. The molecule has 3 aromatic heterocycles. The second-order valence-corrected chi connectivity index (χ2v) is 8.47. The van der Waals surface area contributed by atoms with E-state index in [1.165, 1.54) is 0 Å². The van der Waals surface area contributed by atoms with Crippen molar-refractivity contribution in [3.8, 4) is 11.1 Å². The number of H-pyrrole nitrogens is 1. The minimum atomic E-state index is -0.680. The van der Waals surface area contributed by atoms with Gasteiger partial charge in [0.1, 0.15) is 11.2 Å². The highest BCUT2D eigenvalue weighted by Gasteiger charge is 2.39. The van der Waals surface area contributed by atoms with Crippen LogP contribution >= 0.6 is 0 Å². The summed E-state index contributed by atoms with van der Waals surface area (Å²) in [4.78, 5) is 19.0. The number of pyridine rings is 1. The molecule has 0 saturated carbocycles. The zero-order valence-corrected chi connectivity index (χ0v) is 18.9. The largest absolute Gasteiger partial charge is 0.346 e. The first-order valence-electron chi connectivity index (χ1n) is 11.4. The Morgan fingerprint density at radius 3 is 1.89 bits per heavy atom. The number of carbonyl (C=O) groups is 1. The summed E-state index contributed by atoms with van der Waals surface area (Å²) < 4.78 is 2.04. The van der Waals surface area contributed by atoms with Gasteiger partial charge in [0.2, 0.25) is 0 Å². The second-order valence-electron chi connectivity index (χ2n) is 8.47. The molecule has 0 atom stereocenters. The van der Waals surface area contributed by atoms with Crippen molar-refractivity contribution in [1.29, 1.82) is 0 Å². The van der Waals surface area contributed by atoms with E-state index in [1.807, 2.05) is 41.3 Å². The molecule has 0 unspecified atom stereocenters. The average molecular weight is 455 g/mol. The topological polar surface area (TPSA) is 63.6 Å². The van der Waals surface area contributed by atoms with Crippen molar-refractivity contribution >= 4 is 17.3 Å². The summed E-state index contributed by atoms with van der Waals surface area (Å²) >= 11 is 0. The second kappa shape index (κ2) is 8.54. The lowest BCUT2D eigenvalue weighted by Gasteiger charge is -2.36. The number of hydrogen-bond acceptors (Lipinski definition) is 3. The molecule has 0 bridgehead atoms. The molecule has 1 N–H and O–H groups in total. The van der Waals surface area contributed by atoms with Crippen LogP contribution in [0.5, 0.6) is 0 Å². The van der Waals surface area contributed by atoms with Crippen molar-refractivity contribution in [3.05, 3.63) is 144 Å². The van der Waals surface area contributed by atoms with Gasteiger partial charge in [0.05, 0.1) is 6.20 Å². The van der Waals surface area contributed by atoms with Crippen LogP contribution in [0.15, 0.2) is 122 Å². The van der Waals surface area contributed by atoms with Crippen LogP contribution in [0.25, 0.3) is 22.2 Å². The number of aldehydes is 1. The standard InChI is InChI=1S/C30H22N4O/c35-21-22-16-27-28(19-32-29(27)31-17-22)23-18-33-34(20-23)30(24-10-4-1-5-11-24,25-12-6-2-7-13-25)26-14-8-3-9-15-26/h1-21H,(H,31,32). The van der Waals surface area contributed by atoms with Crippen LogP contribution in [0, 0.1) is 0 Å². The summed E-state index contributed by atoms with van der Waals surface area (Å²) in [6.45, 7) is 0. The van der Waals surface area contributed by atoms with Gasteiger partial charge in [-0.3, -0.25) is 9.48 Å². The highest BCUT2D eigenvalue weighted by Crippen LogP contribution is 2.41. The van der Waals surface area contributed by atoms with Gasteiger partial charge >= 0.3 is 0 Å². The molecule has 5 heteroatoms. The van der Waals surface area contributed by atoms with E-state index in [2.05, 4.69) is 89.0 Å². The van der Waals surface area contributed by atoms with Gasteiger partial charge in [-0.05, 0) is 22.8 Å². The summed E-state index contributed by atoms with van der Waals surface area (Å²) in [5.74, 6) is 0. The fourth-order valence-corrected chi connectivity index (χ4v) is 4.90. The van der Waals surface area contributed by atoms with Crippen molar-refractivity contribution < 1.29 is 4.79 Å². The molecule has 0 spiro atoms. The van der Waals surface area contributed by atoms with Crippen molar-refractivity contribution in [2.24, 2.45) is 0 Å². The number of nitrogens with zero attached hydrogens (tertiary/aromatic N) is 3. The lowest BCUT2D eigenvalue weighted by atomic mass is 9.77. The Morgan fingerprint density at radius 1 is 0.771 bits per heavy atom. The maximum absolute atomic E-state index is 11.4. The van der Waals surface area contributed by atoms with Gasteiger partial charge in [0.15, 0.2) is 6.29 Å². The lowest BCUT2D eigenvalue weighted by molar-refractivity contribution is 0.112. The summed E-state index contributed by atoms with van der Waals surface area (Å²) in [6.07, 6.45) is 8.26. The molecule has 0 aliphatic rings. The van der Waals surface area contributed by atoms with Crippen LogP contribution in [-0.2, 0) is 5.54 Å². The first kappa shape index (κ1) is 20.8. The summed E-state index contributed by atoms with van der Waals surface area (Å²) in [7, 11) is 0. The summed E-state index contributed by atoms with van der Waals surface area (Å²) in [5.41, 5.74) is 5.80. The molecule has 0 saturated heterocycles. The van der Waals surface area contributed by atoms with Gasteiger partial charge in [-0.1, -0.05) is 91.0 Å². The minimum absolute atomic E-state index is 0.540. The Hall–Kier alpha value is -4.77. The molecule has 0 radical (unpaired) electrons. The predicted octanol–water partition coefficient (Wildman–Crippen LogP) is 6.08. The Labute approximate surface area is 202 Å². The third kappa shape index (κ3) is 3.37. The maximum Gasteiger partial charge on any atom is 0.151 e. The fraction of sp³-hybridized carbons (Fsp3) is 0.0333. The highest BCUT2D eigenvalue weighted by molar-refractivity contribution is 5.96. The molecule has 35 heavy (non-hydrogen) atoms. The Kier molecular flexibility index (Phi) is 5.08. The molecular weight excluding hydrogens is 432 g/mol. The van der Waals surface area contributed by atoms with Gasteiger partial charge in [0, 0.05) is 40.7 Å². The molecule has 6 rings (SSSR count). The van der Waals surface area contributed by atoms with Crippen LogP contribution in [-0.4, -0.2) is 26.0 Å². The van der Waals surface area contributed by atoms with Gasteiger partial charge in [0.25, 0.3) is 0 Å². The smallest absolute Gasteiger partial charge is 0.151 e. The number of carbonyl (C=O) groups excluding carboxylic acids is 1. The number of rotatable bonds is 6. The Bertz CT molecular complexity index is 1510. The summed E-state index contributed by atoms with van der Waals surface area (Å²) in [6, 6.07) is 33.2. The average Bonchev–Trinajstić information content (AvgIpc) is 3.58. The number of benzene rings is 3. The number of aromatic amines is 1. The van der Waals surface area contributed by atoms with E-state index in [-0.39, 0.29) is 0 Å². The van der Waals surface area contributed by atoms with E-state index in [1.54, 1.807) is 6.20 Å². The van der Waals surface area contributed by atoms with E-state index >= 15 is 0 Å². The van der Waals surface area contributed by atoms with Crippen LogP contribution in [0.3, 0.4) is 0 Å². The van der Waals surface area contributed by atoms with Gasteiger partial charge in [-0.25, -0.2) is 4.98 Å². The summed E-state index contributed by atoms with van der Waals surface area (Å²) in [5, 5.41) is 5.82. The third-order valence-electron chi connectivity index (χ3n) is 6.50. The molecule has 6 aromatic rings. The van der Waals surface area contributed by atoms with Crippen LogP contribution in [0.4, 0.5) is 0 Å². The van der Waals surface area contributed by atoms with Crippen LogP contribution in [0.1, 0.15) is 27.0 Å². The Morgan fingerprint density at radius 2 is 1.34 bits per heavy atom. The Balaban J connectivity index is 1.62. The first-order valence-corrected chi connectivity index (χ1v) is 11.4. The zero-order chi connectivity index (χ0) is 23.7. The molecule has 0 fully saturated rings. The molecule has 5 nitrogen and oxygen atoms in total. The normalized spacial score (nSPS) is 11.5. The van der Waals surface area contributed by atoms with Gasteiger partial charge < -0.3 is 4.98 Å². The number of nitrogens with one attached hydrogen (secondary N) is 1. The molecule has 0 aliphatic carbocycles. The maximum atomic E-state index is 11.4. The fourth-order valence-electron chi connectivity index (χ4n) is 4.90. The van der Waals surface area contributed by atoms with E-state index in [4.69, 9.17) is 5.10 Å². The number of hydrogen-bond donors (Lipinski definition) is 1. The predicted molar refractivity (Wildman–Crippen MR) is 137 cm³/mol. The number of fused-ring (bicyclic) bond motifs is 1. The van der Waals surface area contributed by atoms with E-state index in [0.29, 0.717) is 5.56 Å². The number of aromatic nitrogens is 4. The van der Waals surface area contributed by atoms with Gasteiger partial charge in [-0.15, -0.1) is 0 Å². The zero-order valence-electron chi connectivity index (χ0n) is 18.9. The molecule has 3 heterocycles. The molecule has 0 aliphatic heterocycles. The van der Waals surface area contributed by atoms with Gasteiger partial charge in [-0.2, -0.15) is 5.10 Å². The molecule has 3 aromatic carbocycles. The molecule has 0 amide bonds. The van der Waals surface area contributed by atoms with E-state index < -0.39 is 5.54 Å². The lowest BCUT2D eigenvalue weighted by Crippen LogP contribution is -2.38. The van der Waals surface area contributed by atoms with Crippen molar-refractivity contribution in [2.45, 2.75) is 5.54 Å². The quantitative estimate of drug-likeness (QED) is 0.245. The third-order valence-corrected chi connectivity index (χ3v) is 6.50. The first-order chi connectivity index (χ1) is 17.3. The molecular formula is C30H22N4O. The van der Waals surface area contributed by atoms with Crippen molar-refractivity contribution in [2.75, 3.05) is 0 Å². The minimum Gasteiger partial charge on any atom is -0.346 e. The van der Waals surface area contributed by atoms with Crippen molar-refractivity contribution in [1.82, 2.24) is 19.7 Å². The SMILES string of the molecule is O=Cc1cnc2[nH]cc(-c3cnn(C(c4ccccc4)(c4ccccc4)c4ccccc4)c3)c2c1. The van der Waals surface area contributed by atoms with E-state index in [9.17, 15) is 4.79 Å². The van der Waals surface area contributed by atoms with E-state index in [0.717, 1.165) is 45.1 Å². The van der Waals surface area contributed by atoms with Crippen LogP contribution in [0.2, 0.25) is 0 Å². The molecule has 168 valence electrons.